The minimum Gasteiger partial charge on any atom is -0.497 e. The molecule has 0 radical (unpaired) electrons. The van der Waals surface area contributed by atoms with Crippen LogP contribution in [-0.2, 0) is 9.53 Å². The standard InChI is InChI=1S/C21H28N4O6/c1-28-16-4-5-17(18(14-16)29-2)21(27)25(8-3-7-24-9-12-30-13-10-24)15-20(26)22-19-6-11-31-23-19/h4-6,11,14H,3,7-10,12-13,15H2,1-2H3,(H,22,23,26). The number of rotatable bonds is 10. The van der Waals surface area contributed by atoms with Crippen LogP contribution >= 0.6 is 0 Å². The van der Waals surface area contributed by atoms with Crippen molar-refractivity contribution in [3.05, 3.63) is 36.1 Å². The summed E-state index contributed by atoms with van der Waals surface area (Å²) in [5.74, 6) is 0.612. The van der Waals surface area contributed by atoms with Crippen molar-refractivity contribution in [1.29, 1.82) is 0 Å². The lowest BCUT2D eigenvalue weighted by molar-refractivity contribution is -0.117. The predicted molar refractivity (Wildman–Crippen MR) is 112 cm³/mol. The quantitative estimate of drug-likeness (QED) is 0.602. The van der Waals surface area contributed by atoms with Crippen molar-refractivity contribution in [3.63, 3.8) is 0 Å². The number of carbonyl (C=O) groups is 2. The molecular weight excluding hydrogens is 404 g/mol. The molecule has 2 amide bonds. The van der Waals surface area contributed by atoms with Gasteiger partial charge in [0, 0.05) is 38.3 Å². The number of ether oxygens (including phenoxy) is 3. The van der Waals surface area contributed by atoms with E-state index in [1.807, 2.05) is 0 Å². The SMILES string of the molecule is COc1ccc(C(=O)N(CCCN2CCOCC2)CC(=O)Nc2ccon2)c(OC)c1. The van der Waals surface area contributed by atoms with E-state index in [1.165, 1.54) is 24.3 Å². The Morgan fingerprint density at radius 3 is 2.68 bits per heavy atom. The van der Waals surface area contributed by atoms with Gasteiger partial charge in [0.15, 0.2) is 5.82 Å². The summed E-state index contributed by atoms with van der Waals surface area (Å²) in [5, 5.41) is 6.30. The van der Waals surface area contributed by atoms with Gasteiger partial charge in [-0.3, -0.25) is 14.5 Å². The number of anilines is 1. The number of nitrogens with zero attached hydrogens (tertiary/aromatic N) is 3. The zero-order valence-corrected chi connectivity index (χ0v) is 17.8. The summed E-state index contributed by atoms with van der Waals surface area (Å²) in [5.41, 5.74) is 0.365. The van der Waals surface area contributed by atoms with Gasteiger partial charge in [-0.2, -0.15) is 0 Å². The summed E-state index contributed by atoms with van der Waals surface area (Å²) in [7, 11) is 3.04. The summed E-state index contributed by atoms with van der Waals surface area (Å²) < 4.78 is 20.7. The third kappa shape index (κ3) is 6.43. The van der Waals surface area contributed by atoms with Crippen LogP contribution in [0.3, 0.4) is 0 Å². The van der Waals surface area contributed by atoms with Gasteiger partial charge in [0.05, 0.1) is 33.0 Å². The normalized spacial score (nSPS) is 14.1. The minimum absolute atomic E-state index is 0.121. The molecule has 0 unspecified atom stereocenters. The van der Waals surface area contributed by atoms with Gasteiger partial charge in [0.25, 0.3) is 5.91 Å². The second-order valence-electron chi connectivity index (χ2n) is 7.03. The van der Waals surface area contributed by atoms with Crippen LogP contribution in [0.2, 0.25) is 0 Å². The molecule has 0 bridgehead atoms. The molecule has 2 aromatic rings. The van der Waals surface area contributed by atoms with Crippen molar-refractivity contribution in [1.82, 2.24) is 15.0 Å². The Morgan fingerprint density at radius 1 is 1.19 bits per heavy atom. The number of hydrogen-bond acceptors (Lipinski definition) is 8. The van der Waals surface area contributed by atoms with Gasteiger partial charge in [0.2, 0.25) is 5.91 Å². The maximum atomic E-state index is 13.3. The topological polar surface area (TPSA) is 106 Å². The number of methoxy groups -OCH3 is 2. The third-order valence-corrected chi connectivity index (χ3v) is 4.97. The first-order valence-electron chi connectivity index (χ1n) is 10.1. The molecule has 0 aliphatic carbocycles. The molecule has 1 aliphatic rings. The lowest BCUT2D eigenvalue weighted by Crippen LogP contribution is -2.41. The van der Waals surface area contributed by atoms with E-state index in [2.05, 4.69) is 15.4 Å². The average molecular weight is 432 g/mol. The Labute approximate surface area is 181 Å². The molecule has 1 saturated heterocycles. The van der Waals surface area contributed by atoms with Crippen LogP contribution in [0, 0.1) is 0 Å². The van der Waals surface area contributed by atoms with Crippen LogP contribution in [0.4, 0.5) is 5.82 Å². The molecule has 0 atom stereocenters. The van der Waals surface area contributed by atoms with Gasteiger partial charge < -0.3 is 29.0 Å². The first-order valence-corrected chi connectivity index (χ1v) is 10.1. The van der Waals surface area contributed by atoms with Gasteiger partial charge in [0.1, 0.15) is 24.3 Å². The smallest absolute Gasteiger partial charge is 0.258 e. The van der Waals surface area contributed by atoms with Gasteiger partial charge in [-0.25, -0.2) is 0 Å². The van der Waals surface area contributed by atoms with Crippen molar-refractivity contribution in [2.24, 2.45) is 0 Å². The Morgan fingerprint density at radius 2 is 2.00 bits per heavy atom. The molecule has 168 valence electrons. The first kappa shape index (κ1) is 22.6. The van der Waals surface area contributed by atoms with Crippen molar-refractivity contribution in [2.45, 2.75) is 6.42 Å². The van der Waals surface area contributed by atoms with E-state index in [1.54, 1.807) is 25.3 Å². The first-order chi connectivity index (χ1) is 15.1. The number of amides is 2. The second kappa shape index (κ2) is 11.3. The molecule has 10 nitrogen and oxygen atoms in total. The number of hydrogen-bond donors (Lipinski definition) is 1. The van der Waals surface area contributed by atoms with Crippen molar-refractivity contribution in [2.75, 3.05) is 65.5 Å². The average Bonchev–Trinajstić information content (AvgIpc) is 3.31. The van der Waals surface area contributed by atoms with Crippen molar-refractivity contribution in [3.8, 4) is 11.5 Å². The fourth-order valence-electron chi connectivity index (χ4n) is 3.34. The Balaban J connectivity index is 1.70. The highest BCUT2D eigenvalue weighted by atomic mass is 16.5. The van der Waals surface area contributed by atoms with Crippen LogP contribution in [0.1, 0.15) is 16.8 Å². The number of aromatic nitrogens is 1. The van der Waals surface area contributed by atoms with Gasteiger partial charge in [-0.15, -0.1) is 0 Å². The van der Waals surface area contributed by atoms with Gasteiger partial charge >= 0.3 is 0 Å². The minimum atomic E-state index is -0.360. The zero-order valence-electron chi connectivity index (χ0n) is 17.8. The molecule has 0 spiro atoms. The molecule has 1 aliphatic heterocycles. The number of morpholine rings is 1. The van der Waals surface area contributed by atoms with Crippen LogP contribution in [-0.4, -0.2) is 86.9 Å². The maximum absolute atomic E-state index is 13.3. The Bertz CT molecular complexity index is 852. The molecule has 10 heteroatoms. The van der Waals surface area contributed by atoms with E-state index in [-0.39, 0.29) is 18.4 Å². The summed E-state index contributed by atoms with van der Waals surface area (Å²) in [6.45, 7) is 4.27. The molecule has 3 rings (SSSR count). The lowest BCUT2D eigenvalue weighted by Gasteiger charge is -2.28. The van der Waals surface area contributed by atoms with Crippen LogP contribution < -0.4 is 14.8 Å². The van der Waals surface area contributed by atoms with Crippen LogP contribution in [0.5, 0.6) is 11.5 Å². The molecule has 2 heterocycles. The van der Waals surface area contributed by atoms with E-state index in [0.29, 0.717) is 42.6 Å². The Kier molecular flexibility index (Phi) is 8.25. The van der Waals surface area contributed by atoms with E-state index >= 15 is 0 Å². The number of carbonyl (C=O) groups excluding carboxylic acids is 2. The Hall–Kier alpha value is -3.11. The summed E-state index contributed by atoms with van der Waals surface area (Å²) >= 11 is 0. The predicted octanol–water partition coefficient (Wildman–Crippen LogP) is 1.49. The fourth-order valence-corrected chi connectivity index (χ4v) is 3.34. The zero-order chi connectivity index (χ0) is 22.1. The van der Waals surface area contributed by atoms with E-state index in [0.717, 1.165) is 26.1 Å². The molecule has 1 aromatic heterocycles. The second-order valence-corrected chi connectivity index (χ2v) is 7.03. The number of benzene rings is 1. The van der Waals surface area contributed by atoms with E-state index < -0.39 is 0 Å². The third-order valence-electron chi connectivity index (χ3n) is 4.97. The van der Waals surface area contributed by atoms with E-state index in [9.17, 15) is 9.59 Å². The van der Waals surface area contributed by atoms with Crippen LogP contribution in [0.25, 0.3) is 0 Å². The summed E-state index contributed by atoms with van der Waals surface area (Å²) in [4.78, 5) is 29.6. The molecule has 0 saturated carbocycles. The fraction of sp³-hybridized carbons (Fsp3) is 0.476. The summed E-state index contributed by atoms with van der Waals surface area (Å²) in [6.07, 6.45) is 2.09. The molecule has 1 fully saturated rings. The summed E-state index contributed by atoms with van der Waals surface area (Å²) in [6, 6.07) is 6.52. The number of nitrogens with one attached hydrogen (secondary N) is 1. The highest BCUT2D eigenvalue weighted by Crippen LogP contribution is 2.26. The monoisotopic (exact) mass is 432 g/mol. The maximum Gasteiger partial charge on any atom is 0.258 e. The lowest BCUT2D eigenvalue weighted by atomic mass is 10.1. The van der Waals surface area contributed by atoms with Crippen molar-refractivity contribution < 1.29 is 28.3 Å². The van der Waals surface area contributed by atoms with Crippen molar-refractivity contribution >= 4 is 17.6 Å². The van der Waals surface area contributed by atoms with Crippen LogP contribution in [0.15, 0.2) is 35.1 Å². The largest absolute Gasteiger partial charge is 0.497 e. The highest BCUT2D eigenvalue weighted by molar-refractivity contribution is 6.00. The van der Waals surface area contributed by atoms with Gasteiger partial charge in [-0.05, 0) is 18.6 Å². The molecule has 1 aromatic carbocycles. The molecule has 31 heavy (non-hydrogen) atoms. The molecule has 1 N–H and O–H groups in total. The highest BCUT2D eigenvalue weighted by Gasteiger charge is 2.23. The van der Waals surface area contributed by atoms with E-state index in [4.69, 9.17) is 18.7 Å². The molecular formula is C21H28N4O6. The van der Waals surface area contributed by atoms with Gasteiger partial charge in [-0.1, -0.05) is 5.16 Å².